The van der Waals surface area contributed by atoms with E-state index in [1.54, 1.807) is 11.3 Å². The highest BCUT2D eigenvalue weighted by Crippen LogP contribution is 2.32. The van der Waals surface area contributed by atoms with Crippen LogP contribution in [-0.4, -0.2) is 43.0 Å². The van der Waals surface area contributed by atoms with Crippen LogP contribution in [0.2, 0.25) is 0 Å². The average molecular weight is 446 g/mol. The van der Waals surface area contributed by atoms with E-state index in [1.165, 1.54) is 27.8 Å². The SMILES string of the molecule is Cc1cc(C)c(CC(=O)N(CCN(C)C)c2nc3cc(C)cc(C)c3s2)c(C)c1.Cl. The van der Waals surface area contributed by atoms with Crippen LogP contribution >= 0.6 is 23.7 Å². The van der Waals surface area contributed by atoms with Gasteiger partial charge in [0.25, 0.3) is 0 Å². The first-order chi connectivity index (χ1) is 13.7. The van der Waals surface area contributed by atoms with Crippen molar-refractivity contribution in [2.24, 2.45) is 0 Å². The molecule has 0 bridgehead atoms. The van der Waals surface area contributed by atoms with Crippen molar-refractivity contribution in [2.75, 3.05) is 32.1 Å². The van der Waals surface area contributed by atoms with Crippen LogP contribution in [0.1, 0.15) is 33.4 Å². The molecule has 2 aromatic carbocycles. The molecule has 0 atom stereocenters. The molecule has 0 aliphatic rings. The maximum Gasteiger partial charge on any atom is 0.233 e. The number of benzene rings is 2. The summed E-state index contributed by atoms with van der Waals surface area (Å²) in [6, 6.07) is 8.59. The van der Waals surface area contributed by atoms with Crippen LogP contribution in [0.25, 0.3) is 10.2 Å². The lowest BCUT2D eigenvalue weighted by Gasteiger charge is -2.23. The number of fused-ring (bicyclic) bond motifs is 1. The number of anilines is 1. The highest BCUT2D eigenvalue weighted by Gasteiger charge is 2.22. The largest absolute Gasteiger partial charge is 0.308 e. The second-order valence-electron chi connectivity index (χ2n) is 8.33. The van der Waals surface area contributed by atoms with Gasteiger partial charge < -0.3 is 4.90 Å². The van der Waals surface area contributed by atoms with Crippen LogP contribution in [0.5, 0.6) is 0 Å². The second kappa shape index (κ2) is 9.90. The number of carbonyl (C=O) groups excluding carboxylic acids is 1. The van der Waals surface area contributed by atoms with E-state index in [-0.39, 0.29) is 18.3 Å². The molecule has 0 fully saturated rings. The Morgan fingerprint density at radius 1 is 0.900 bits per heavy atom. The van der Waals surface area contributed by atoms with Gasteiger partial charge in [0.2, 0.25) is 5.91 Å². The van der Waals surface area contributed by atoms with E-state index in [9.17, 15) is 4.79 Å². The van der Waals surface area contributed by atoms with Gasteiger partial charge in [0.15, 0.2) is 5.13 Å². The Morgan fingerprint density at radius 2 is 1.47 bits per heavy atom. The van der Waals surface area contributed by atoms with E-state index >= 15 is 0 Å². The molecule has 0 saturated heterocycles. The molecule has 1 aromatic heterocycles. The smallest absolute Gasteiger partial charge is 0.233 e. The summed E-state index contributed by atoms with van der Waals surface area (Å²) in [4.78, 5) is 22.2. The van der Waals surface area contributed by atoms with Crippen LogP contribution in [0.3, 0.4) is 0 Å². The molecule has 30 heavy (non-hydrogen) atoms. The van der Waals surface area contributed by atoms with Crippen LogP contribution < -0.4 is 4.90 Å². The zero-order valence-electron chi connectivity index (χ0n) is 19.0. The third kappa shape index (κ3) is 5.39. The third-order valence-corrected chi connectivity index (χ3v) is 6.51. The van der Waals surface area contributed by atoms with Crippen molar-refractivity contribution in [1.29, 1.82) is 0 Å². The van der Waals surface area contributed by atoms with Gasteiger partial charge in [0.05, 0.1) is 16.6 Å². The normalized spacial score (nSPS) is 11.1. The van der Waals surface area contributed by atoms with Crippen molar-refractivity contribution in [1.82, 2.24) is 9.88 Å². The van der Waals surface area contributed by atoms with Gasteiger partial charge in [-0.1, -0.05) is 35.1 Å². The minimum Gasteiger partial charge on any atom is -0.308 e. The second-order valence-corrected chi connectivity index (χ2v) is 9.31. The topological polar surface area (TPSA) is 36.4 Å². The highest BCUT2D eigenvalue weighted by molar-refractivity contribution is 7.22. The van der Waals surface area contributed by atoms with Gasteiger partial charge in [-0.3, -0.25) is 9.69 Å². The fraction of sp³-hybridized carbons (Fsp3) is 0.417. The van der Waals surface area contributed by atoms with Crippen molar-refractivity contribution in [3.05, 3.63) is 57.6 Å². The number of hydrogen-bond acceptors (Lipinski definition) is 4. The summed E-state index contributed by atoms with van der Waals surface area (Å²) in [5.41, 5.74) is 8.12. The fourth-order valence-electron chi connectivity index (χ4n) is 3.84. The van der Waals surface area contributed by atoms with Gasteiger partial charge in [0, 0.05) is 13.1 Å². The number of aromatic nitrogens is 1. The predicted molar refractivity (Wildman–Crippen MR) is 132 cm³/mol. The molecule has 0 aliphatic heterocycles. The van der Waals surface area contributed by atoms with Gasteiger partial charge in [-0.05, 0) is 82.6 Å². The highest BCUT2D eigenvalue weighted by atomic mass is 35.5. The molecule has 3 aromatic rings. The number of halogens is 1. The molecular weight excluding hydrogens is 414 g/mol. The molecule has 4 nitrogen and oxygen atoms in total. The number of hydrogen-bond donors (Lipinski definition) is 0. The van der Waals surface area contributed by atoms with Crippen molar-refractivity contribution >= 4 is 45.0 Å². The number of carbonyl (C=O) groups is 1. The lowest BCUT2D eigenvalue weighted by atomic mass is 9.97. The number of rotatable bonds is 6. The average Bonchev–Trinajstić information content (AvgIpc) is 3.01. The van der Waals surface area contributed by atoms with Crippen molar-refractivity contribution in [2.45, 2.75) is 41.0 Å². The van der Waals surface area contributed by atoms with E-state index in [0.717, 1.165) is 27.5 Å². The van der Waals surface area contributed by atoms with E-state index in [1.807, 2.05) is 19.0 Å². The number of likely N-dealkylation sites (N-methyl/N-ethyl adjacent to an activating group) is 1. The van der Waals surface area contributed by atoms with Crippen molar-refractivity contribution in [3.63, 3.8) is 0 Å². The monoisotopic (exact) mass is 445 g/mol. The summed E-state index contributed by atoms with van der Waals surface area (Å²) < 4.78 is 1.16. The lowest BCUT2D eigenvalue weighted by molar-refractivity contribution is -0.118. The molecule has 0 N–H and O–H groups in total. The first kappa shape index (κ1) is 24.3. The fourth-order valence-corrected chi connectivity index (χ4v) is 4.90. The maximum absolute atomic E-state index is 13.4. The minimum atomic E-state index is 0. The van der Waals surface area contributed by atoms with Crippen LogP contribution in [-0.2, 0) is 11.2 Å². The molecular formula is C24H32ClN3OS. The Labute approximate surface area is 190 Å². The number of nitrogens with zero attached hydrogens (tertiary/aromatic N) is 3. The first-order valence-electron chi connectivity index (χ1n) is 10.1. The van der Waals surface area contributed by atoms with Gasteiger partial charge in [-0.15, -0.1) is 12.4 Å². The summed E-state index contributed by atoms with van der Waals surface area (Å²) in [7, 11) is 4.06. The Kier molecular flexibility index (Phi) is 8.03. The molecule has 0 unspecified atom stereocenters. The molecule has 6 heteroatoms. The number of amides is 1. The van der Waals surface area contributed by atoms with Gasteiger partial charge >= 0.3 is 0 Å². The molecule has 1 heterocycles. The molecule has 0 aliphatic carbocycles. The molecule has 0 radical (unpaired) electrons. The van der Waals surface area contributed by atoms with Gasteiger partial charge in [0.1, 0.15) is 0 Å². The summed E-state index contributed by atoms with van der Waals surface area (Å²) in [5, 5.41) is 0.794. The van der Waals surface area contributed by atoms with E-state index in [4.69, 9.17) is 4.98 Å². The molecule has 162 valence electrons. The molecule has 1 amide bonds. The van der Waals surface area contributed by atoms with Gasteiger partial charge in [-0.2, -0.15) is 0 Å². The first-order valence-corrected chi connectivity index (χ1v) is 10.9. The number of aryl methyl sites for hydroxylation is 5. The molecule has 0 spiro atoms. The summed E-state index contributed by atoms with van der Waals surface area (Å²) in [6.07, 6.45) is 0.402. The Hall–Kier alpha value is -1.95. The van der Waals surface area contributed by atoms with E-state index in [2.05, 4.69) is 63.8 Å². The maximum atomic E-state index is 13.4. The van der Waals surface area contributed by atoms with E-state index in [0.29, 0.717) is 13.0 Å². The van der Waals surface area contributed by atoms with Crippen LogP contribution in [0.15, 0.2) is 24.3 Å². The van der Waals surface area contributed by atoms with Crippen molar-refractivity contribution < 1.29 is 4.79 Å². The summed E-state index contributed by atoms with van der Waals surface area (Å²) in [6.45, 7) is 11.9. The zero-order chi connectivity index (χ0) is 21.3. The Morgan fingerprint density at radius 3 is 2.07 bits per heavy atom. The Balaban J connectivity index is 0.00000320. The van der Waals surface area contributed by atoms with Crippen LogP contribution in [0.4, 0.5) is 5.13 Å². The van der Waals surface area contributed by atoms with Gasteiger partial charge in [-0.25, -0.2) is 4.98 Å². The standard InChI is InChI=1S/C24H31N3OS.ClH/c1-15-10-17(3)20(18(4)11-15)14-22(28)27(9-8-26(6)7)24-25-21-13-16(2)12-19(5)23(21)29-24;/h10-13H,8-9,14H2,1-7H3;1H. The van der Waals surface area contributed by atoms with Crippen molar-refractivity contribution in [3.8, 4) is 0 Å². The summed E-state index contributed by atoms with van der Waals surface area (Å²) in [5.74, 6) is 0.107. The lowest BCUT2D eigenvalue weighted by Crippen LogP contribution is -2.37. The molecule has 0 saturated carbocycles. The third-order valence-electron chi connectivity index (χ3n) is 5.28. The van der Waals surface area contributed by atoms with E-state index < -0.39 is 0 Å². The zero-order valence-corrected chi connectivity index (χ0v) is 20.6. The minimum absolute atomic E-state index is 0. The summed E-state index contributed by atoms with van der Waals surface area (Å²) >= 11 is 1.62. The number of thiazole rings is 1. The van der Waals surface area contributed by atoms with Crippen LogP contribution in [0, 0.1) is 34.6 Å². The Bertz CT molecular complexity index is 1040. The molecule has 3 rings (SSSR count). The quantitative estimate of drug-likeness (QED) is 0.509. The predicted octanol–water partition coefficient (Wildman–Crippen LogP) is 5.40.